The molecule has 1 fully saturated rings. The molecule has 28 heavy (non-hydrogen) atoms. The minimum Gasteiger partial charge on any atom is -0.508 e. The van der Waals surface area contributed by atoms with E-state index in [0.29, 0.717) is 25.8 Å². The summed E-state index contributed by atoms with van der Waals surface area (Å²) < 4.78 is 0. The molecule has 2 rings (SSSR count). The largest absolute Gasteiger partial charge is 0.508 e. The fourth-order valence-electron chi connectivity index (χ4n) is 3.21. The number of aliphatic carboxylic acids is 1. The Bertz CT molecular complexity index is 697. The number of hydrogen-bond donors (Lipinski definition) is 4. The van der Waals surface area contributed by atoms with Gasteiger partial charge < -0.3 is 26.2 Å². The molecule has 0 bridgehead atoms. The van der Waals surface area contributed by atoms with Crippen LogP contribution < -0.4 is 11.1 Å². The van der Waals surface area contributed by atoms with Gasteiger partial charge in [0.15, 0.2) is 0 Å². The maximum Gasteiger partial charge on any atom is 0.326 e. The molecule has 3 atom stereocenters. The average Bonchev–Trinajstić information content (AvgIpc) is 3.16. The Morgan fingerprint density at radius 3 is 2.61 bits per heavy atom. The standard InChI is InChI=1S/C19H27N3O5S/c1-28-10-8-14(20)17(24)21-15(11-12-4-6-13(23)7-5-12)18(25)22-9-2-3-16(22)19(26)27/h4-7,14-16,23H,2-3,8-11,20H2,1H3,(H,21,24)(H,26,27)/t14-,15-,16+/m0/s1. The molecule has 1 aliphatic heterocycles. The Balaban J connectivity index is 2.17. The average molecular weight is 410 g/mol. The summed E-state index contributed by atoms with van der Waals surface area (Å²) in [6, 6.07) is 3.78. The second-order valence-corrected chi connectivity index (χ2v) is 7.83. The van der Waals surface area contributed by atoms with E-state index in [4.69, 9.17) is 5.73 Å². The Labute approximate surface area is 168 Å². The van der Waals surface area contributed by atoms with Crippen molar-refractivity contribution in [3.05, 3.63) is 29.8 Å². The quantitative estimate of drug-likeness (QED) is 0.469. The van der Waals surface area contributed by atoms with Gasteiger partial charge in [-0.3, -0.25) is 9.59 Å². The molecule has 0 unspecified atom stereocenters. The van der Waals surface area contributed by atoms with Crippen molar-refractivity contribution >= 4 is 29.5 Å². The number of aromatic hydroxyl groups is 1. The molecule has 5 N–H and O–H groups in total. The van der Waals surface area contributed by atoms with Gasteiger partial charge in [0.25, 0.3) is 0 Å². The summed E-state index contributed by atoms with van der Waals surface area (Å²) in [7, 11) is 0. The number of nitrogens with one attached hydrogen (secondary N) is 1. The number of amides is 2. The highest BCUT2D eigenvalue weighted by Gasteiger charge is 2.38. The Morgan fingerprint density at radius 2 is 2.00 bits per heavy atom. The van der Waals surface area contributed by atoms with Gasteiger partial charge in [-0.2, -0.15) is 11.8 Å². The number of benzene rings is 1. The van der Waals surface area contributed by atoms with E-state index in [-0.39, 0.29) is 12.2 Å². The van der Waals surface area contributed by atoms with Gasteiger partial charge in [0.05, 0.1) is 6.04 Å². The van der Waals surface area contributed by atoms with Crippen LogP contribution >= 0.6 is 11.8 Å². The number of rotatable bonds is 9. The predicted molar refractivity (Wildman–Crippen MR) is 107 cm³/mol. The summed E-state index contributed by atoms with van der Waals surface area (Å²) in [4.78, 5) is 38.3. The minimum atomic E-state index is -1.04. The fraction of sp³-hybridized carbons (Fsp3) is 0.526. The van der Waals surface area contributed by atoms with Gasteiger partial charge in [0, 0.05) is 13.0 Å². The van der Waals surface area contributed by atoms with Crippen molar-refractivity contribution in [3.63, 3.8) is 0 Å². The monoisotopic (exact) mass is 409 g/mol. The van der Waals surface area contributed by atoms with Crippen LogP contribution in [0.15, 0.2) is 24.3 Å². The van der Waals surface area contributed by atoms with Crippen LogP contribution in [0.5, 0.6) is 5.75 Å². The second-order valence-electron chi connectivity index (χ2n) is 6.85. The van der Waals surface area contributed by atoms with E-state index in [1.165, 1.54) is 17.0 Å². The molecule has 1 aromatic rings. The second kappa shape index (κ2) is 10.3. The molecule has 1 saturated heterocycles. The highest BCUT2D eigenvalue weighted by molar-refractivity contribution is 7.98. The fourth-order valence-corrected chi connectivity index (χ4v) is 3.70. The number of phenolic OH excluding ortho intramolecular Hbond substituents is 1. The van der Waals surface area contributed by atoms with E-state index in [1.54, 1.807) is 23.9 Å². The molecule has 2 amide bonds. The number of phenols is 1. The lowest BCUT2D eigenvalue weighted by Gasteiger charge is -2.28. The molecule has 1 aromatic carbocycles. The normalized spacial score (nSPS) is 18.5. The zero-order chi connectivity index (χ0) is 20.7. The zero-order valence-corrected chi connectivity index (χ0v) is 16.7. The third-order valence-electron chi connectivity index (χ3n) is 4.78. The number of nitrogens with zero attached hydrogens (tertiary/aromatic N) is 1. The molecule has 0 aliphatic carbocycles. The topological polar surface area (TPSA) is 133 Å². The minimum absolute atomic E-state index is 0.0974. The van der Waals surface area contributed by atoms with Crippen LogP contribution in [0.3, 0.4) is 0 Å². The number of likely N-dealkylation sites (tertiary alicyclic amines) is 1. The van der Waals surface area contributed by atoms with E-state index < -0.39 is 35.9 Å². The molecule has 154 valence electrons. The van der Waals surface area contributed by atoms with Gasteiger partial charge in [-0.25, -0.2) is 4.79 Å². The highest BCUT2D eigenvalue weighted by atomic mass is 32.2. The molecule has 0 radical (unpaired) electrons. The van der Waals surface area contributed by atoms with Crippen molar-refractivity contribution in [3.8, 4) is 5.75 Å². The first kappa shape index (κ1) is 22.0. The van der Waals surface area contributed by atoms with Crippen LogP contribution in [0.25, 0.3) is 0 Å². The first-order chi connectivity index (χ1) is 13.3. The van der Waals surface area contributed by atoms with Gasteiger partial charge in [0.2, 0.25) is 11.8 Å². The number of carbonyl (C=O) groups is 3. The molecule has 0 spiro atoms. The number of carbonyl (C=O) groups excluding carboxylic acids is 2. The number of nitrogens with two attached hydrogens (primary N) is 1. The van der Waals surface area contributed by atoms with Crippen molar-refractivity contribution < 1.29 is 24.6 Å². The lowest BCUT2D eigenvalue weighted by atomic mass is 10.0. The summed E-state index contributed by atoms with van der Waals surface area (Å²) in [5.74, 6) is -1.09. The van der Waals surface area contributed by atoms with E-state index in [9.17, 15) is 24.6 Å². The summed E-state index contributed by atoms with van der Waals surface area (Å²) >= 11 is 1.58. The van der Waals surface area contributed by atoms with Crippen LogP contribution in [0, 0.1) is 0 Å². The van der Waals surface area contributed by atoms with Crippen LogP contribution in [-0.4, -0.2) is 69.6 Å². The van der Waals surface area contributed by atoms with Crippen LogP contribution in [-0.2, 0) is 20.8 Å². The van der Waals surface area contributed by atoms with Gasteiger partial charge in [-0.1, -0.05) is 12.1 Å². The first-order valence-electron chi connectivity index (χ1n) is 9.19. The zero-order valence-electron chi connectivity index (χ0n) is 15.8. The first-order valence-corrected chi connectivity index (χ1v) is 10.6. The number of hydrogen-bond acceptors (Lipinski definition) is 6. The third kappa shape index (κ3) is 5.87. The van der Waals surface area contributed by atoms with E-state index in [0.717, 1.165) is 11.3 Å². The van der Waals surface area contributed by atoms with Gasteiger partial charge in [-0.15, -0.1) is 0 Å². The highest BCUT2D eigenvalue weighted by Crippen LogP contribution is 2.20. The maximum absolute atomic E-state index is 13.1. The molecular weight excluding hydrogens is 382 g/mol. The molecule has 8 nitrogen and oxygen atoms in total. The molecular formula is C19H27N3O5S. The van der Waals surface area contributed by atoms with Crippen LogP contribution in [0.4, 0.5) is 0 Å². The molecule has 0 saturated carbocycles. The summed E-state index contributed by atoms with van der Waals surface area (Å²) in [6.07, 6.45) is 3.59. The Hall–Kier alpha value is -2.26. The summed E-state index contributed by atoms with van der Waals surface area (Å²) in [6.45, 7) is 0.344. The van der Waals surface area contributed by atoms with Crippen molar-refractivity contribution in [2.75, 3.05) is 18.6 Å². The van der Waals surface area contributed by atoms with E-state index in [2.05, 4.69) is 5.32 Å². The molecule has 1 heterocycles. The Morgan fingerprint density at radius 1 is 1.32 bits per heavy atom. The molecule has 9 heteroatoms. The van der Waals surface area contributed by atoms with Crippen molar-refractivity contribution in [2.45, 2.75) is 43.8 Å². The van der Waals surface area contributed by atoms with Gasteiger partial charge in [0.1, 0.15) is 17.8 Å². The SMILES string of the molecule is CSCC[C@H](N)C(=O)N[C@@H](Cc1ccc(O)cc1)C(=O)N1CCC[C@@H]1C(=O)O. The van der Waals surface area contributed by atoms with Crippen molar-refractivity contribution in [2.24, 2.45) is 5.73 Å². The molecule has 0 aromatic heterocycles. The number of thioether (sulfide) groups is 1. The maximum atomic E-state index is 13.1. The van der Waals surface area contributed by atoms with Gasteiger partial charge >= 0.3 is 5.97 Å². The number of carboxylic acid groups (broad SMARTS) is 1. The van der Waals surface area contributed by atoms with Crippen LogP contribution in [0.1, 0.15) is 24.8 Å². The molecule has 1 aliphatic rings. The van der Waals surface area contributed by atoms with Crippen molar-refractivity contribution in [1.29, 1.82) is 0 Å². The summed E-state index contributed by atoms with van der Waals surface area (Å²) in [5, 5.41) is 21.5. The lowest BCUT2D eigenvalue weighted by molar-refractivity contribution is -0.149. The lowest BCUT2D eigenvalue weighted by Crippen LogP contribution is -2.55. The van der Waals surface area contributed by atoms with E-state index >= 15 is 0 Å². The summed E-state index contributed by atoms with van der Waals surface area (Å²) in [5.41, 5.74) is 6.65. The van der Waals surface area contributed by atoms with Gasteiger partial charge in [-0.05, 0) is 49.0 Å². The smallest absolute Gasteiger partial charge is 0.326 e. The third-order valence-corrected chi connectivity index (χ3v) is 5.43. The van der Waals surface area contributed by atoms with Crippen molar-refractivity contribution in [1.82, 2.24) is 10.2 Å². The number of carboxylic acids is 1. The van der Waals surface area contributed by atoms with E-state index in [1.807, 2.05) is 6.26 Å². The van der Waals surface area contributed by atoms with Crippen LogP contribution in [0.2, 0.25) is 0 Å². The Kier molecular flexibility index (Phi) is 8.13. The predicted octanol–water partition coefficient (Wildman–Crippen LogP) is 0.576.